The van der Waals surface area contributed by atoms with Gasteiger partial charge in [-0.25, -0.2) is 4.79 Å². The highest BCUT2D eigenvalue weighted by molar-refractivity contribution is 6.26. The second-order valence-corrected chi connectivity index (χ2v) is 3.65. The number of rotatable bonds is 2. The average molecular weight is 198 g/mol. The van der Waals surface area contributed by atoms with Crippen molar-refractivity contribution in [2.24, 2.45) is 0 Å². The molecule has 0 aliphatic rings. The molecule has 2 nitrogen and oxygen atoms in total. The predicted octanol–water partition coefficient (Wildman–Crippen LogP) is 3.05. The molecule has 0 unspecified atom stereocenters. The fourth-order valence-corrected chi connectivity index (χ4v) is 1.96. The van der Waals surface area contributed by atoms with E-state index in [-0.39, 0.29) is 5.97 Å². The third-order valence-electron chi connectivity index (χ3n) is 2.73. The van der Waals surface area contributed by atoms with Gasteiger partial charge in [0.2, 0.25) is 0 Å². The molecule has 0 spiro atoms. The van der Waals surface area contributed by atoms with Crippen molar-refractivity contribution in [3.63, 3.8) is 0 Å². The van der Waals surface area contributed by atoms with Crippen molar-refractivity contribution in [3.8, 4) is 0 Å². The van der Waals surface area contributed by atoms with Crippen LogP contribution in [0.25, 0.3) is 21.5 Å². The molecule has 0 aromatic heterocycles. The van der Waals surface area contributed by atoms with Crippen LogP contribution in [0.3, 0.4) is 0 Å². The molecular weight excluding hydrogens is 188 g/mol. The smallest absolute Gasteiger partial charge is 0.339 e. The molecule has 0 heterocycles. The summed E-state index contributed by atoms with van der Waals surface area (Å²) in [6.07, 6.45) is 0. The van der Waals surface area contributed by atoms with Crippen molar-refractivity contribution in [1.29, 1.82) is 0 Å². The fourth-order valence-electron chi connectivity index (χ4n) is 1.96. The summed E-state index contributed by atoms with van der Waals surface area (Å²) < 4.78 is 4.98. The maximum absolute atomic E-state index is 11.5. The highest BCUT2D eigenvalue weighted by Crippen LogP contribution is 2.37. The quantitative estimate of drug-likeness (QED) is 0.591. The molecule has 0 bridgehead atoms. The largest absolute Gasteiger partial charge is 0.462 e. The van der Waals surface area contributed by atoms with E-state index in [1.165, 1.54) is 10.8 Å². The van der Waals surface area contributed by atoms with Crippen molar-refractivity contribution < 1.29 is 9.53 Å². The first-order valence-corrected chi connectivity index (χ1v) is 5.05. The van der Waals surface area contributed by atoms with Crippen molar-refractivity contribution in [2.45, 2.75) is 6.92 Å². The molecule has 0 saturated heterocycles. The van der Waals surface area contributed by atoms with Gasteiger partial charge in [0.25, 0.3) is 0 Å². The maximum Gasteiger partial charge on any atom is 0.339 e. The summed E-state index contributed by atoms with van der Waals surface area (Å²) in [6.45, 7) is 2.25. The van der Waals surface area contributed by atoms with Crippen LogP contribution in [0.4, 0.5) is 0 Å². The Morgan fingerprint density at radius 3 is 2.33 bits per heavy atom. The van der Waals surface area contributed by atoms with E-state index in [2.05, 4.69) is 24.3 Å². The highest BCUT2D eigenvalue weighted by Gasteiger charge is 2.23. The Bertz CT molecular complexity index is 569. The van der Waals surface area contributed by atoms with Crippen LogP contribution in [0, 0.1) is 0 Å². The normalized spacial score (nSPS) is 11.5. The Morgan fingerprint density at radius 1 is 1.20 bits per heavy atom. The van der Waals surface area contributed by atoms with Crippen LogP contribution >= 0.6 is 0 Å². The minimum atomic E-state index is -0.194. The molecule has 0 aliphatic heterocycles. The lowest BCUT2D eigenvalue weighted by atomic mass is 10.2. The molecule has 74 valence electrons. The molecule has 0 radical (unpaired) electrons. The predicted molar refractivity (Wildman–Crippen MR) is 59.8 cm³/mol. The summed E-state index contributed by atoms with van der Waals surface area (Å²) in [5.74, 6) is -0.194. The first-order valence-electron chi connectivity index (χ1n) is 5.05. The zero-order chi connectivity index (χ0) is 10.4. The second-order valence-electron chi connectivity index (χ2n) is 3.65. The van der Waals surface area contributed by atoms with Gasteiger partial charge in [0.1, 0.15) is 0 Å². The molecule has 3 rings (SSSR count). The lowest BCUT2D eigenvalue weighted by Crippen LogP contribution is -1.99. The minimum Gasteiger partial charge on any atom is -0.462 e. The number of hydrogen-bond acceptors (Lipinski definition) is 2. The van der Waals surface area contributed by atoms with Crippen LogP contribution in [0.15, 0.2) is 30.3 Å². The Morgan fingerprint density at radius 2 is 1.80 bits per heavy atom. The standard InChI is InChI=1S/C13H10O2/c1-2-15-13(14)12-10-6-8-4-3-5-9(8)7-11(10)12/h3-7H,2H2,1H3. The summed E-state index contributed by atoms with van der Waals surface area (Å²) in [7, 11) is 0. The number of benzene rings is 1. The Hall–Kier alpha value is -1.83. The number of esters is 1. The first-order chi connectivity index (χ1) is 7.31. The summed E-state index contributed by atoms with van der Waals surface area (Å²) in [6, 6.07) is 10.2. The van der Waals surface area contributed by atoms with Crippen LogP contribution < -0.4 is 0 Å². The molecule has 0 amide bonds. The summed E-state index contributed by atoms with van der Waals surface area (Å²) >= 11 is 0. The Balaban J connectivity index is 2.10. The topological polar surface area (TPSA) is 26.3 Å². The number of carbonyl (C=O) groups is 1. The van der Waals surface area contributed by atoms with Gasteiger partial charge in [0.05, 0.1) is 12.2 Å². The molecule has 15 heavy (non-hydrogen) atoms. The Labute approximate surface area is 87.1 Å². The van der Waals surface area contributed by atoms with Gasteiger partial charge >= 0.3 is 5.97 Å². The van der Waals surface area contributed by atoms with E-state index in [9.17, 15) is 4.79 Å². The monoisotopic (exact) mass is 198 g/mol. The molecule has 3 aromatic carbocycles. The lowest BCUT2D eigenvalue weighted by Gasteiger charge is -1.92. The lowest BCUT2D eigenvalue weighted by molar-refractivity contribution is 0.0534. The van der Waals surface area contributed by atoms with Gasteiger partial charge in [-0.15, -0.1) is 0 Å². The van der Waals surface area contributed by atoms with Gasteiger partial charge < -0.3 is 4.74 Å². The third-order valence-corrected chi connectivity index (χ3v) is 2.73. The van der Waals surface area contributed by atoms with Crippen molar-refractivity contribution in [3.05, 3.63) is 35.9 Å². The third kappa shape index (κ3) is 1.14. The maximum atomic E-state index is 11.5. The van der Waals surface area contributed by atoms with Crippen LogP contribution in [0.2, 0.25) is 0 Å². The zero-order valence-electron chi connectivity index (χ0n) is 8.41. The Kier molecular flexibility index (Phi) is 1.60. The number of fused-ring (bicyclic) bond motifs is 2. The van der Waals surface area contributed by atoms with Crippen LogP contribution in [0.5, 0.6) is 0 Å². The first kappa shape index (κ1) is 8.48. The van der Waals surface area contributed by atoms with Gasteiger partial charge in [-0.2, -0.15) is 0 Å². The molecule has 0 aliphatic carbocycles. The number of ether oxygens (including phenoxy) is 1. The molecule has 3 aromatic rings. The van der Waals surface area contributed by atoms with E-state index in [1.54, 1.807) is 0 Å². The van der Waals surface area contributed by atoms with Crippen LogP contribution in [-0.2, 0) is 4.74 Å². The minimum absolute atomic E-state index is 0.194. The van der Waals surface area contributed by atoms with E-state index in [1.807, 2.05) is 13.0 Å². The van der Waals surface area contributed by atoms with E-state index in [0.29, 0.717) is 6.61 Å². The van der Waals surface area contributed by atoms with E-state index in [0.717, 1.165) is 16.3 Å². The van der Waals surface area contributed by atoms with Gasteiger partial charge in [-0.3, -0.25) is 0 Å². The van der Waals surface area contributed by atoms with Crippen LogP contribution in [0.1, 0.15) is 17.3 Å². The number of carbonyl (C=O) groups excluding carboxylic acids is 1. The van der Waals surface area contributed by atoms with E-state index in [4.69, 9.17) is 4.74 Å². The van der Waals surface area contributed by atoms with Gasteiger partial charge in [0, 0.05) is 0 Å². The molecule has 0 atom stereocenters. The molecule has 0 N–H and O–H groups in total. The zero-order valence-corrected chi connectivity index (χ0v) is 8.41. The number of hydrogen-bond donors (Lipinski definition) is 0. The van der Waals surface area contributed by atoms with Gasteiger partial charge in [0.15, 0.2) is 0 Å². The molecular formula is C13H10O2. The van der Waals surface area contributed by atoms with E-state index < -0.39 is 0 Å². The molecule has 0 saturated carbocycles. The van der Waals surface area contributed by atoms with Crippen molar-refractivity contribution in [1.82, 2.24) is 0 Å². The average Bonchev–Trinajstić information content (AvgIpc) is 2.71. The fraction of sp³-hybridized carbons (Fsp3) is 0.154. The van der Waals surface area contributed by atoms with Crippen molar-refractivity contribution >= 4 is 27.5 Å². The highest BCUT2D eigenvalue weighted by atomic mass is 16.5. The molecule has 2 heteroatoms. The van der Waals surface area contributed by atoms with Crippen LogP contribution in [-0.4, -0.2) is 12.6 Å². The molecule has 0 fully saturated rings. The van der Waals surface area contributed by atoms with Gasteiger partial charge in [-0.05, 0) is 40.6 Å². The second kappa shape index (κ2) is 2.83. The van der Waals surface area contributed by atoms with Gasteiger partial charge in [-0.1, -0.05) is 18.2 Å². The SMILES string of the molecule is CCOC(=O)c1c2cc3cccc3cc12. The summed E-state index contributed by atoms with van der Waals surface area (Å²) in [4.78, 5) is 11.5. The summed E-state index contributed by atoms with van der Waals surface area (Å²) in [5, 5.41) is 4.47. The van der Waals surface area contributed by atoms with E-state index >= 15 is 0 Å². The van der Waals surface area contributed by atoms with Crippen molar-refractivity contribution in [2.75, 3.05) is 6.61 Å². The summed E-state index contributed by atoms with van der Waals surface area (Å²) in [5.41, 5.74) is 0.757.